The highest BCUT2D eigenvalue weighted by atomic mass is 79.9. The number of pyridine rings is 1. The van der Waals surface area contributed by atoms with Gasteiger partial charge < -0.3 is 4.90 Å². The Morgan fingerprint density at radius 2 is 2.10 bits per heavy atom. The highest BCUT2D eigenvalue weighted by Gasteiger charge is 2.20. The first-order valence-electron chi connectivity index (χ1n) is 6.86. The van der Waals surface area contributed by atoms with Gasteiger partial charge in [0.2, 0.25) is 0 Å². The maximum atomic E-state index is 12.8. The Morgan fingerprint density at radius 3 is 2.80 bits per heavy atom. The van der Waals surface area contributed by atoms with Crippen molar-refractivity contribution in [2.75, 3.05) is 11.9 Å². The molecule has 106 valence electrons. The van der Waals surface area contributed by atoms with Gasteiger partial charge in [-0.05, 0) is 38.5 Å². The second kappa shape index (κ2) is 6.84. The average molecular weight is 335 g/mol. The SMILES string of the molecule is CC(C)N(CCCBr)C(=O)c1cccc2ncccc12. The number of amides is 1. The van der Waals surface area contributed by atoms with Crippen LogP contribution in [0.2, 0.25) is 0 Å². The molecule has 0 spiro atoms. The highest BCUT2D eigenvalue weighted by molar-refractivity contribution is 9.09. The van der Waals surface area contributed by atoms with E-state index in [1.807, 2.05) is 35.2 Å². The van der Waals surface area contributed by atoms with Crippen molar-refractivity contribution >= 4 is 32.7 Å². The van der Waals surface area contributed by atoms with Crippen LogP contribution >= 0.6 is 15.9 Å². The molecular formula is C16H19BrN2O. The zero-order valence-corrected chi connectivity index (χ0v) is 13.4. The molecule has 0 N–H and O–H groups in total. The molecule has 0 radical (unpaired) electrons. The minimum absolute atomic E-state index is 0.0829. The molecule has 0 aliphatic heterocycles. The summed E-state index contributed by atoms with van der Waals surface area (Å²) in [5.41, 5.74) is 1.60. The van der Waals surface area contributed by atoms with Gasteiger partial charge in [-0.2, -0.15) is 0 Å². The number of halogens is 1. The molecule has 2 rings (SSSR count). The minimum Gasteiger partial charge on any atom is -0.336 e. The Bertz CT molecular complexity index is 593. The van der Waals surface area contributed by atoms with Gasteiger partial charge in [0.15, 0.2) is 0 Å². The van der Waals surface area contributed by atoms with E-state index in [9.17, 15) is 4.79 Å². The van der Waals surface area contributed by atoms with Gasteiger partial charge in [0.1, 0.15) is 0 Å². The van der Waals surface area contributed by atoms with Gasteiger partial charge in [-0.3, -0.25) is 9.78 Å². The van der Waals surface area contributed by atoms with Gasteiger partial charge in [0, 0.05) is 35.1 Å². The van der Waals surface area contributed by atoms with Crippen molar-refractivity contribution in [1.82, 2.24) is 9.88 Å². The number of nitrogens with zero attached hydrogens (tertiary/aromatic N) is 2. The van der Waals surface area contributed by atoms with Gasteiger partial charge in [0.05, 0.1) is 5.52 Å². The van der Waals surface area contributed by atoms with E-state index in [0.29, 0.717) is 0 Å². The number of carbonyl (C=O) groups excluding carboxylic acids is 1. The monoisotopic (exact) mass is 334 g/mol. The predicted molar refractivity (Wildman–Crippen MR) is 86.3 cm³/mol. The van der Waals surface area contributed by atoms with Crippen molar-refractivity contribution in [2.24, 2.45) is 0 Å². The van der Waals surface area contributed by atoms with Crippen LogP contribution in [0, 0.1) is 0 Å². The Kier molecular flexibility index (Phi) is 5.12. The lowest BCUT2D eigenvalue weighted by Crippen LogP contribution is -2.38. The van der Waals surface area contributed by atoms with Crippen LogP contribution in [0.3, 0.4) is 0 Å². The van der Waals surface area contributed by atoms with Crippen molar-refractivity contribution in [1.29, 1.82) is 0 Å². The van der Waals surface area contributed by atoms with E-state index in [-0.39, 0.29) is 11.9 Å². The van der Waals surface area contributed by atoms with Crippen LogP contribution < -0.4 is 0 Å². The number of carbonyl (C=O) groups is 1. The van der Waals surface area contributed by atoms with Crippen LogP contribution in [0.15, 0.2) is 36.5 Å². The summed E-state index contributed by atoms with van der Waals surface area (Å²) in [7, 11) is 0. The summed E-state index contributed by atoms with van der Waals surface area (Å²) in [6.45, 7) is 4.86. The summed E-state index contributed by atoms with van der Waals surface area (Å²) >= 11 is 3.42. The third kappa shape index (κ3) is 3.18. The van der Waals surface area contributed by atoms with E-state index < -0.39 is 0 Å². The number of hydrogen-bond acceptors (Lipinski definition) is 2. The third-order valence-corrected chi connectivity index (χ3v) is 3.85. The lowest BCUT2D eigenvalue weighted by atomic mass is 10.1. The molecule has 0 aliphatic rings. The third-order valence-electron chi connectivity index (χ3n) is 3.29. The number of aromatic nitrogens is 1. The normalized spacial score (nSPS) is 11.0. The first-order valence-corrected chi connectivity index (χ1v) is 7.98. The smallest absolute Gasteiger partial charge is 0.254 e. The average Bonchev–Trinajstić information content (AvgIpc) is 2.46. The standard InChI is InChI=1S/C16H19BrN2O/c1-12(2)19(11-5-9-17)16(20)14-6-3-8-15-13(14)7-4-10-18-15/h3-4,6-8,10,12H,5,9,11H2,1-2H3. The minimum atomic E-state index is 0.0829. The number of benzene rings is 1. The summed E-state index contributed by atoms with van der Waals surface area (Å²) in [5.74, 6) is 0.0829. The molecule has 0 bridgehead atoms. The summed E-state index contributed by atoms with van der Waals surface area (Å²) in [5, 5.41) is 1.82. The van der Waals surface area contributed by atoms with Crippen molar-refractivity contribution in [3.63, 3.8) is 0 Å². The fraction of sp³-hybridized carbons (Fsp3) is 0.375. The first kappa shape index (κ1) is 15.0. The van der Waals surface area contributed by atoms with E-state index in [0.717, 1.165) is 34.8 Å². The Hall–Kier alpha value is -1.42. The number of fused-ring (bicyclic) bond motifs is 1. The van der Waals surface area contributed by atoms with E-state index in [4.69, 9.17) is 0 Å². The molecule has 4 heteroatoms. The largest absolute Gasteiger partial charge is 0.336 e. The maximum Gasteiger partial charge on any atom is 0.254 e. The lowest BCUT2D eigenvalue weighted by molar-refractivity contribution is 0.0709. The molecule has 3 nitrogen and oxygen atoms in total. The van der Waals surface area contributed by atoms with E-state index in [2.05, 4.69) is 34.8 Å². The molecule has 0 unspecified atom stereocenters. The molecule has 1 aromatic carbocycles. The summed E-state index contributed by atoms with van der Waals surface area (Å²) in [6.07, 6.45) is 2.70. The van der Waals surface area contributed by atoms with Gasteiger partial charge >= 0.3 is 0 Å². The molecule has 1 heterocycles. The molecule has 2 aromatic rings. The van der Waals surface area contributed by atoms with Gasteiger partial charge in [0.25, 0.3) is 5.91 Å². The maximum absolute atomic E-state index is 12.8. The summed E-state index contributed by atoms with van der Waals surface area (Å²) < 4.78 is 0. The number of alkyl halides is 1. The fourth-order valence-electron chi connectivity index (χ4n) is 2.27. The van der Waals surface area contributed by atoms with E-state index in [1.165, 1.54) is 0 Å². The molecule has 0 aliphatic carbocycles. The highest BCUT2D eigenvalue weighted by Crippen LogP contribution is 2.19. The van der Waals surface area contributed by atoms with Crippen molar-refractivity contribution in [3.8, 4) is 0 Å². The summed E-state index contributed by atoms with van der Waals surface area (Å²) in [4.78, 5) is 19.0. The van der Waals surface area contributed by atoms with Gasteiger partial charge in [-0.1, -0.05) is 28.1 Å². The number of rotatable bonds is 5. The summed E-state index contributed by atoms with van der Waals surface area (Å²) in [6, 6.07) is 9.73. The second-order valence-electron chi connectivity index (χ2n) is 5.01. The number of hydrogen-bond donors (Lipinski definition) is 0. The Balaban J connectivity index is 2.38. The first-order chi connectivity index (χ1) is 9.65. The Morgan fingerprint density at radius 1 is 1.30 bits per heavy atom. The van der Waals surface area contributed by atoms with Crippen LogP contribution in [0.5, 0.6) is 0 Å². The zero-order valence-electron chi connectivity index (χ0n) is 11.8. The van der Waals surface area contributed by atoms with Crippen LogP contribution in [0.4, 0.5) is 0 Å². The molecular weight excluding hydrogens is 316 g/mol. The molecule has 1 aromatic heterocycles. The van der Waals surface area contributed by atoms with Crippen molar-refractivity contribution < 1.29 is 4.79 Å². The van der Waals surface area contributed by atoms with Crippen LogP contribution in [0.25, 0.3) is 10.9 Å². The quantitative estimate of drug-likeness (QED) is 0.777. The molecule has 20 heavy (non-hydrogen) atoms. The van der Waals surface area contributed by atoms with Crippen molar-refractivity contribution in [2.45, 2.75) is 26.3 Å². The molecule has 0 fully saturated rings. The van der Waals surface area contributed by atoms with Gasteiger partial charge in [-0.15, -0.1) is 0 Å². The molecule has 0 saturated heterocycles. The van der Waals surface area contributed by atoms with E-state index >= 15 is 0 Å². The topological polar surface area (TPSA) is 33.2 Å². The lowest BCUT2D eigenvalue weighted by Gasteiger charge is -2.27. The zero-order chi connectivity index (χ0) is 14.5. The van der Waals surface area contributed by atoms with Crippen LogP contribution in [-0.4, -0.2) is 33.7 Å². The predicted octanol–water partition coefficient (Wildman–Crippen LogP) is 3.87. The van der Waals surface area contributed by atoms with Crippen LogP contribution in [0.1, 0.15) is 30.6 Å². The molecule has 0 saturated carbocycles. The second-order valence-corrected chi connectivity index (χ2v) is 5.80. The fourth-order valence-corrected chi connectivity index (χ4v) is 2.52. The Labute approximate surface area is 128 Å². The van der Waals surface area contributed by atoms with Crippen molar-refractivity contribution in [3.05, 3.63) is 42.1 Å². The van der Waals surface area contributed by atoms with E-state index in [1.54, 1.807) is 6.20 Å². The molecule has 0 atom stereocenters. The van der Waals surface area contributed by atoms with Gasteiger partial charge in [-0.25, -0.2) is 0 Å². The molecule has 1 amide bonds. The van der Waals surface area contributed by atoms with Crippen LogP contribution in [-0.2, 0) is 0 Å².